The first kappa shape index (κ1) is 12.7. The largest absolute Gasteiger partial charge is 0.392 e. The molecule has 0 unspecified atom stereocenters. The highest BCUT2D eigenvalue weighted by molar-refractivity contribution is 5.89. The van der Waals surface area contributed by atoms with Gasteiger partial charge in [-0.15, -0.1) is 4.91 Å². The highest BCUT2D eigenvalue weighted by Crippen LogP contribution is 2.42. The van der Waals surface area contributed by atoms with Gasteiger partial charge >= 0.3 is 0 Å². The van der Waals surface area contributed by atoms with Crippen molar-refractivity contribution in [1.82, 2.24) is 9.58 Å². The number of hydrogen-bond acceptors (Lipinski definition) is 4. The van der Waals surface area contributed by atoms with Crippen LogP contribution in [0.15, 0.2) is 41.3 Å². The molecule has 0 spiro atoms. The minimum atomic E-state index is 0.104. The van der Waals surface area contributed by atoms with Gasteiger partial charge in [0.05, 0.1) is 17.4 Å². The van der Waals surface area contributed by atoms with Crippen LogP contribution in [0.3, 0.4) is 0 Å². The second-order valence-corrected chi connectivity index (χ2v) is 6.02. The Morgan fingerprint density at radius 2 is 2.29 bits per heavy atom. The Morgan fingerprint density at radius 1 is 1.43 bits per heavy atom. The van der Waals surface area contributed by atoms with E-state index in [9.17, 15) is 10.0 Å². The van der Waals surface area contributed by atoms with Crippen LogP contribution >= 0.6 is 0 Å². The summed E-state index contributed by atoms with van der Waals surface area (Å²) >= 11 is 0. The van der Waals surface area contributed by atoms with Crippen molar-refractivity contribution in [2.45, 2.75) is 18.4 Å². The van der Waals surface area contributed by atoms with E-state index >= 15 is 0 Å². The van der Waals surface area contributed by atoms with Crippen LogP contribution in [0.4, 0.5) is 0 Å². The van der Waals surface area contributed by atoms with E-state index < -0.39 is 0 Å². The first-order chi connectivity index (χ1) is 10.2. The molecule has 2 atom stereocenters. The summed E-state index contributed by atoms with van der Waals surface area (Å²) in [4.78, 5) is 13.3. The van der Waals surface area contributed by atoms with E-state index in [4.69, 9.17) is 0 Å². The fourth-order valence-electron chi connectivity index (χ4n) is 3.92. The van der Waals surface area contributed by atoms with Crippen LogP contribution in [0.2, 0.25) is 0 Å². The van der Waals surface area contributed by atoms with Gasteiger partial charge in [-0.2, -0.15) is 0 Å². The van der Waals surface area contributed by atoms with E-state index in [0.717, 1.165) is 29.4 Å². The Balaban J connectivity index is 1.97. The smallest absolute Gasteiger partial charge is 0.0756 e. The molecule has 0 fully saturated rings. The summed E-state index contributed by atoms with van der Waals surface area (Å²) in [7, 11) is 2.10. The van der Waals surface area contributed by atoms with Crippen LogP contribution in [0, 0.1) is 4.91 Å². The van der Waals surface area contributed by atoms with E-state index in [-0.39, 0.29) is 12.5 Å². The maximum absolute atomic E-state index is 11.0. The van der Waals surface area contributed by atoms with Crippen LogP contribution in [0.5, 0.6) is 0 Å². The zero-order valence-electron chi connectivity index (χ0n) is 11.9. The molecule has 4 rings (SSSR count). The summed E-state index contributed by atoms with van der Waals surface area (Å²) in [5.74, 6) is 0.268. The lowest BCUT2D eigenvalue weighted by atomic mass is 9.77. The van der Waals surface area contributed by atoms with Gasteiger partial charge in [-0.05, 0) is 36.2 Å². The molecular formula is C16H17N3O2. The highest BCUT2D eigenvalue weighted by atomic mass is 16.3. The van der Waals surface area contributed by atoms with Gasteiger partial charge in [0, 0.05) is 30.1 Å². The van der Waals surface area contributed by atoms with Crippen molar-refractivity contribution in [3.05, 3.63) is 52.1 Å². The molecule has 2 aromatic rings. The summed E-state index contributed by atoms with van der Waals surface area (Å²) in [5.41, 5.74) is 4.36. The average Bonchev–Trinajstić information content (AvgIpc) is 2.87. The number of fused-ring (bicyclic) bond motifs is 2. The van der Waals surface area contributed by atoms with Crippen LogP contribution in [0.25, 0.3) is 10.9 Å². The number of rotatable bonds is 2. The van der Waals surface area contributed by atoms with Crippen molar-refractivity contribution in [2.75, 3.05) is 20.2 Å². The van der Waals surface area contributed by atoms with Gasteiger partial charge in [-0.3, -0.25) is 4.90 Å². The standard InChI is InChI=1S/C16H17N3O2/c1-18-7-10(9-20)5-13-12-3-2-4-14-16(12)11(6-15(13)18)8-19(14)17-21/h2-5,8,13,15,20H,6-7,9H2,1H3/t13-,15-/m1/s1. The molecule has 1 aromatic heterocycles. The number of likely N-dealkylation sites (N-methyl/N-ethyl adjacent to an activating group) is 1. The molecule has 2 heterocycles. The molecule has 0 saturated heterocycles. The molecule has 108 valence electrons. The number of aliphatic hydroxyl groups is 1. The predicted molar refractivity (Wildman–Crippen MR) is 81.2 cm³/mol. The third kappa shape index (κ3) is 1.71. The molecule has 2 aliphatic rings. The zero-order valence-corrected chi connectivity index (χ0v) is 11.9. The Bertz CT molecular complexity index is 762. The summed E-state index contributed by atoms with van der Waals surface area (Å²) in [6, 6.07) is 6.42. The van der Waals surface area contributed by atoms with Crippen molar-refractivity contribution in [2.24, 2.45) is 5.29 Å². The molecular weight excluding hydrogens is 266 g/mol. The SMILES string of the molecule is CN1CC(CO)=C[C@@H]2c3cccc4c3c(cn4N=O)C[C@H]21. The molecule has 0 radical (unpaired) electrons. The van der Waals surface area contributed by atoms with E-state index in [0.29, 0.717) is 6.04 Å². The average molecular weight is 283 g/mol. The number of aromatic nitrogens is 1. The van der Waals surface area contributed by atoms with E-state index in [2.05, 4.69) is 29.4 Å². The van der Waals surface area contributed by atoms with Crippen molar-refractivity contribution in [3.63, 3.8) is 0 Å². The maximum Gasteiger partial charge on any atom is 0.0756 e. The molecule has 1 aromatic carbocycles. The van der Waals surface area contributed by atoms with Gasteiger partial charge in [-0.25, -0.2) is 4.68 Å². The zero-order chi connectivity index (χ0) is 14.6. The second-order valence-electron chi connectivity index (χ2n) is 6.02. The van der Waals surface area contributed by atoms with Gasteiger partial charge in [0.25, 0.3) is 0 Å². The molecule has 0 saturated carbocycles. The van der Waals surface area contributed by atoms with Crippen molar-refractivity contribution in [1.29, 1.82) is 0 Å². The summed E-state index contributed by atoms with van der Waals surface area (Å²) in [6.45, 7) is 0.906. The molecule has 1 aliphatic carbocycles. The lowest BCUT2D eigenvalue weighted by molar-refractivity contribution is 0.208. The quantitative estimate of drug-likeness (QED) is 0.678. The number of nitrogens with zero attached hydrogens (tertiary/aromatic N) is 3. The molecule has 0 amide bonds. The molecule has 1 aliphatic heterocycles. The molecule has 5 nitrogen and oxygen atoms in total. The van der Waals surface area contributed by atoms with Gasteiger partial charge < -0.3 is 5.11 Å². The van der Waals surface area contributed by atoms with Gasteiger partial charge in [0.2, 0.25) is 0 Å². The van der Waals surface area contributed by atoms with Crippen LogP contribution in [0.1, 0.15) is 17.0 Å². The first-order valence-electron chi connectivity index (χ1n) is 7.20. The normalized spacial score (nSPS) is 24.8. The Labute approximate surface area is 122 Å². The molecule has 0 bridgehead atoms. The number of nitroso groups, excluding NO2 is 1. The molecule has 21 heavy (non-hydrogen) atoms. The van der Waals surface area contributed by atoms with Gasteiger partial charge in [0.15, 0.2) is 0 Å². The fraction of sp³-hybridized carbons (Fsp3) is 0.375. The van der Waals surface area contributed by atoms with Gasteiger partial charge in [-0.1, -0.05) is 18.2 Å². The van der Waals surface area contributed by atoms with Crippen molar-refractivity contribution >= 4 is 10.9 Å². The topological polar surface area (TPSA) is 57.8 Å². The number of benzene rings is 1. The van der Waals surface area contributed by atoms with E-state index in [1.807, 2.05) is 18.3 Å². The molecule has 1 N–H and O–H groups in total. The van der Waals surface area contributed by atoms with Crippen LogP contribution in [-0.4, -0.2) is 40.9 Å². The first-order valence-corrected chi connectivity index (χ1v) is 7.20. The predicted octanol–water partition coefficient (Wildman–Crippen LogP) is 2.04. The van der Waals surface area contributed by atoms with Crippen molar-refractivity contribution in [3.8, 4) is 0 Å². The summed E-state index contributed by atoms with van der Waals surface area (Å²) in [5, 5.41) is 13.7. The lowest BCUT2D eigenvalue weighted by Gasteiger charge is -2.41. The van der Waals surface area contributed by atoms with E-state index in [1.54, 1.807) is 0 Å². The minimum absolute atomic E-state index is 0.104. The highest BCUT2D eigenvalue weighted by Gasteiger charge is 2.36. The molecule has 5 heteroatoms. The lowest BCUT2D eigenvalue weighted by Crippen LogP contribution is -2.44. The van der Waals surface area contributed by atoms with Crippen LogP contribution in [-0.2, 0) is 6.42 Å². The Hall–Kier alpha value is -1.98. The number of aliphatic hydroxyl groups excluding tert-OH is 1. The van der Waals surface area contributed by atoms with Crippen LogP contribution < -0.4 is 0 Å². The Morgan fingerprint density at radius 3 is 3.05 bits per heavy atom. The second kappa shape index (κ2) is 4.51. The fourth-order valence-corrected chi connectivity index (χ4v) is 3.92. The summed E-state index contributed by atoms with van der Waals surface area (Å²) in [6.07, 6.45) is 4.97. The number of hydrogen-bond donors (Lipinski definition) is 1. The maximum atomic E-state index is 11.0. The monoisotopic (exact) mass is 283 g/mol. The third-order valence-electron chi connectivity index (χ3n) is 4.85. The summed E-state index contributed by atoms with van der Waals surface area (Å²) < 4.78 is 1.43. The minimum Gasteiger partial charge on any atom is -0.392 e. The Kier molecular flexibility index (Phi) is 2.74. The van der Waals surface area contributed by atoms with E-state index in [1.165, 1.54) is 15.8 Å². The third-order valence-corrected chi connectivity index (χ3v) is 4.85. The van der Waals surface area contributed by atoms with Crippen molar-refractivity contribution < 1.29 is 5.11 Å². The van der Waals surface area contributed by atoms with Gasteiger partial charge in [0.1, 0.15) is 0 Å².